The van der Waals surface area contributed by atoms with Gasteiger partial charge in [0.05, 0.1) is 0 Å². The number of nitrogens with zero attached hydrogens (tertiary/aromatic N) is 2. The molecule has 0 saturated heterocycles. The SMILES string of the molecule is N=C(N)NCCC[C@H](NC(=O)[C@H](CC1CCCCC1)NC(=O)c1n[nH]c(N)n1)C(=O)N[C@@H](Cc1ccccc1)C(N)=O. The van der Waals surface area contributed by atoms with Crippen molar-refractivity contribution in [3.63, 3.8) is 0 Å². The monoisotopic (exact) mass is 583 g/mol. The lowest BCUT2D eigenvalue weighted by Crippen LogP contribution is -2.57. The van der Waals surface area contributed by atoms with E-state index in [4.69, 9.17) is 22.6 Å². The van der Waals surface area contributed by atoms with E-state index in [0.29, 0.717) is 12.8 Å². The van der Waals surface area contributed by atoms with Crippen LogP contribution in [0.3, 0.4) is 0 Å². The van der Waals surface area contributed by atoms with E-state index < -0.39 is 41.8 Å². The first kappa shape index (κ1) is 31.8. The topological polar surface area (TPSA) is 260 Å². The Hall–Kier alpha value is -4.69. The highest BCUT2D eigenvalue weighted by Gasteiger charge is 2.31. The number of H-pyrrole nitrogens is 1. The Kier molecular flexibility index (Phi) is 12.1. The lowest BCUT2D eigenvalue weighted by molar-refractivity contribution is -0.132. The van der Waals surface area contributed by atoms with Gasteiger partial charge in [-0.2, -0.15) is 4.98 Å². The number of aromatic nitrogens is 3. The van der Waals surface area contributed by atoms with E-state index in [0.717, 1.165) is 37.7 Å². The van der Waals surface area contributed by atoms with Gasteiger partial charge in [-0.3, -0.25) is 24.6 Å². The third-order valence-corrected chi connectivity index (χ3v) is 7.18. The fourth-order valence-electron chi connectivity index (χ4n) is 5.00. The highest BCUT2D eigenvalue weighted by molar-refractivity contribution is 5.97. The second-order valence-corrected chi connectivity index (χ2v) is 10.5. The van der Waals surface area contributed by atoms with Gasteiger partial charge in [-0.05, 0) is 30.7 Å². The Bertz CT molecular complexity index is 1210. The normalized spacial score (nSPS) is 15.5. The number of hydrogen-bond donors (Lipinski definition) is 9. The molecule has 12 N–H and O–H groups in total. The molecule has 15 heteroatoms. The van der Waals surface area contributed by atoms with Gasteiger partial charge < -0.3 is 38.5 Å². The highest BCUT2D eigenvalue weighted by atomic mass is 16.2. The summed E-state index contributed by atoms with van der Waals surface area (Å²) in [7, 11) is 0. The number of rotatable bonds is 15. The molecule has 1 aliphatic rings. The number of amides is 4. The minimum Gasteiger partial charge on any atom is -0.370 e. The lowest BCUT2D eigenvalue weighted by Gasteiger charge is -2.28. The zero-order valence-electron chi connectivity index (χ0n) is 23.5. The van der Waals surface area contributed by atoms with Crippen LogP contribution >= 0.6 is 0 Å². The summed E-state index contributed by atoms with van der Waals surface area (Å²) in [5, 5.41) is 24.3. The molecule has 0 unspecified atom stereocenters. The van der Waals surface area contributed by atoms with E-state index in [1.165, 1.54) is 0 Å². The van der Waals surface area contributed by atoms with E-state index in [9.17, 15) is 19.2 Å². The van der Waals surface area contributed by atoms with Crippen molar-refractivity contribution in [2.75, 3.05) is 12.3 Å². The van der Waals surface area contributed by atoms with Crippen molar-refractivity contribution in [1.29, 1.82) is 5.41 Å². The Labute approximate surface area is 244 Å². The van der Waals surface area contributed by atoms with Crippen LogP contribution in [0.5, 0.6) is 0 Å². The van der Waals surface area contributed by atoms with Crippen molar-refractivity contribution in [3.05, 3.63) is 41.7 Å². The summed E-state index contributed by atoms with van der Waals surface area (Å²) in [5.41, 5.74) is 17.3. The van der Waals surface area contributed by atoms with Gasteiger partial charge >= 0.3 is 0 Å². The van der Waals surface area contributed by atoms with E-state index in [2.05, 4.69) is 36.4 Å². The van der Waals surface area contributed by atoms with Gasteiger partial charge in [-0.1, -0.05) is 62.4 Å². The molecule has 0 radical (unpaired) electrons. The number of nitrogens with one attached hydrogen (secondary N) is 6. The van der Waals surface area contributed by atoms with Gasteiger partial charge in [0.15, 0.2) is 5.96 Å². The van der Waals surface area contributed by atoms with E-state index in [1.54, 1.807) is 0 Å². The minimum atomic E-state index is -1.06. The largest absolute Gasteiger partial charge is 0.370 e. The van der Waals surface area contributed by atoms with Crippen molar-refractivity contribution in [2.45, 2.75) is 75.9 Å². The van der Waals surface area contributed by atoms with Crippen molar-refractivity contribution in [2.24, 2.45) is 17.4 Å². The summed E-state index contributed by atoms with van der Waals surface area (Å²) in [6.45, 7) is 0.284. The molecule has 1 saturated carbocycles. The van der Waals surface area contributed by atoms with Crippen molar-refractivity contribution in [1.82, 2.24) is 36.4 Å². The lowest BCUT2D eigenvalue weighted by atomic mass is 9.84. The number of aromatic amines is 1. The molecule has 0 bridgehead atoms. The predicted molar refractivity (Wildman–Crippen MR) is 156 cm³/mol. The average Bonchev–Trinajstić information content (AvgIpc) is 3.41. The third kappa shape index (κ3) is 10.4. The first-order valence-corrected chi connectivity index (χ1v) is 14.1. The van der Waals surface area contributed by atoms with Crippen LogP contribution in [-0.4, -0.2) is 69.4 Å². The number of nitrogens with two attached hydrogens (primary N) is 3. The second kappa shape index (κ2) is 15.9. The number of nitrogen functional groups attached to an aromatic ring is 1. The molecule has 1 aromatic heterocycles. The van der Waals surface area contributed by atoms with Gasteiger partial charge in [-0.15, -0.1) is 5.10 Å². The average molecular weight is 584 g/mol. The smallest absolute Gasteiger partial charge is 0.291 e. The minimum absolute atomic E-state index is 0.0381. The van der Waals surface area contributed by atoms with Gasteiger partial charge in [-0.25, -0.2) is 5.10 Å². The van der Waals surface area contributed by atoms with Crippen LogP contribution in [0.4, 0.5) is 5.95 Å². The van der Waals surface area contributed by atoms with E-state index >= 15 is 0 Å². The predicted octanol–water partition coefficient (Wildman–Crippen LogP) is -0.583. The molecule has 15 nitrogen and oxygen atoms in total. The summed E-state index contributed by atoms with van der Waals surface area (Å²) in [6.07, 6.45) is 6.12. The summed E-state index contributed by atoms with van der Waals surface area (Å²) >= 11 is 0. The Morgan fingerprint density at radius 3 is 2.24 bits per heavy atom. The zero-order valence-corrected chi connectivity index (χ0v) is 23.5. The Morgan fingerprint density at radius 2 is 1.62 bits per heavy atom. The summed E-state index contributed by atoms with van der Waals surface area (Å²) < 4.78 is 0. The summed E-state index contributed by atoms with van der Waals surface area (Å²) in [6, 6.07) is 6.05. The van der Waals surface area contributed by atoms with E-state index in [-0.39, 0.29) is 43.0 Å². The molecule has 1 heterocycles. The maximum Gasteiger partial charge on any atom is 0.291 e. The van der Waals surface area contributed by atoms with Gasteiger partial charge in [0.2, 0.25) is 29.5 Å². The molecule has 1 aliphatic carbocycles. The number of guanidine groups is 1. The maximum atomic E-state index is 13.6. The van der Waals surface area contributed by atoms with Crippen LogP contribution in [-0.2, 0) is 20.8 Å². The van der Waals surface area contributed by atoms with Gasteiger partial charge in [0, 0.05) is 13.0 Å². The number of benzene rings is 1. The molecule has 3 atom stereocenters. The molecule has 4 amide bonds. The molecule has 1 fully saturated rings. The molecular weight excluding hydrogens is 542 g/mol. The van der Waals surface area contributed by atoms with Crippen LogP contribution in [0, 0.1) is 11.3 Å². The molecular formula is C27H41N11O4. The zero-order chi connectivity index (χ0) is 30.5. The van der Waals surface area contributed by atoms with Crippen LogP contribution in [0.1, 0.15) is 67.5 Å². The van der Waals surface area contributed by atoms with Crippen molar-refractivity contribution < 1.29 is 19.2 Å². The molecule has 0 spiro atoms. The van der Waals surface area contributed by atoms with E-state index in [1.807, 2.05) is 30.3 Å². The van der Waals surface area contributed by atoms with Crippen LogP contribution in [0.2, 0.25) is 0 Å². The van der Waals surface area contributed by atoms with Crippen LogP contribution < -0.4 is 38.5 Å². The number of anilines is 1. The first-order valence-electron chi connectivity index (χ1n) is 14.1. The second-order valence-electron chi connectivity index (χ2n) is 10.5. The molecule has 2 aromatic rings. The Morgan fingerprint density at radius 1 is 0.952 bits per heavy atom. The van der Waals surface area contributed by atoms with Gasteiger partial charge in [0.25, 0.3) is 5.91 Å². The van der Waals surface area contributed by atoms with Crippen molar-refractivity contribution in [3.8, 4) is 0 Å². The summed E-state index contributed by atoms with van der Waals surface area (Å²) in [4.78, 5) is 55.9. The third-order valence-electron chi connectivity index (χ3n) is 7.18. The standard InChI is InChI=1S/C27H41N11O4/c28-21(39)19(14-16-8-3-1-4-9-16)34-23(40)18(12-7-13-32-26(29)30)33-24(41)20(15-17-10-5-2-6-11-17)35-25(42)22-36-27(31)38-37-22/h1,3-4,8-9,17-20H,2,5-7,10-15H2,(H2,28,39)(H,33,41)(H,34,40)(H,35,42)(H4,29,30,32)(H3,31,36,37,38)/t18-,19-,20-/m0/s1. The van der Waals surface area contributed by atoms with Crippen LogP contribution in [0.25, 0.3) is 0 Å². The molecule has 228 valence electrons. The molecule has 3 rings (SSSR count). The fraction of sp³-hybridized carbons (Fsp3) is 0.519. The fourth-order valence-corrected chi connectivity index (χ4v) is 5.00. The van der Waals surface area contributed by atoms with Crippen LogP contribution in [0.15, 0.2) is 30.3 Å². The molecule has 1 aromatic carbocycles. The first-order chi connectivity index (χ1) is 20.1. The maximum absolute atomic E-state index is 13.6. The quantitative estimate of drug-likeness (QED) is 0.0736. The summed E-state index contributed by atoms with van der Waals surface area (Å²) in [5.74, 6) is -2.81. The number of carbonyl (C=O) groups excluding carboxylic acids is 4. The van der Waals surface area contributed by atoms with Gasteiger partial charge in [0.1, 0.15) is 18.1 Å². The molecule has 0 aliphatic heterocycles. The Balaban J connectivity index is 1.75. The number of primary amides is 1. The number of hydrogen-bond acceptors (Lipinski definition) is 8. The molecule has 42 heavy (non-hydrogen) atoms. The highest BCUT2D eigenvalue weighted by Crippen LogP contribution is 2.27. The number of carbonyl (C=O) groups is 4. The van der Waals surface area contributed by atoms with Crippen molar-refractivity contribution >= 4 is 35.5 Å².